The summed E-state index contributed by atoms with van der Waals surface area (Å²) in [4.78, 5) is 12.8. The molecule has 2 aliphatic rings. The van der Waals surface area contributed by atoms with Crippen LogP contribution in [-0.4, -0.2) is 19.9 Å². The van der Waals surface area contributed by atoms with Crippen LogP contribution in [0, 0.1) is 11.8 Å². The first kappa shape index (κ1) is 16.8. The standard InChI is InChI=1S/C12H22.2C3H4N2/c1-3-7-11(8-4-1)12-9-5-2-6-10-12;2*1-2-5-3-4-1/h11-12H,1-10H2;2*1-3H,(H,4,5). The smallest absolute Gasteiger partial charge is 0.0919 e. The maximum atomic E-state index is 3.67. The molecule has 4 nitrogen and oxygen atoms in total. The first-order valence-corrected chi connectivity index (χ1v) is 8.82. The van der Waals surface area contributed by atoms with Crippen LogP contribution in [-0.2, 0) is 0 Å². The quantitative estimate of drug-likeness (QED) is 0.781. The van der Waals surface area contributed by atoms with Crippen LogP contribution in [0.25, 0.3) is 0 Å². The van der Waals surface area contributed by atoms with E-state index in [9.17, 15) is 0 Å². The molecule has 2 heterocycles. The van der Waals surface area contributed by atoms with Gasteiger partial charge < -0.3 is 9.97 Å². The second-order valence-corrected chi connectivity index (χ2v) is 6.32. The van der Waals surface area contributed by atoms with Crippen LogP contribution in [0.15, 0.2) is 37.4 Å². The number of nitrogens with zero attached hydrogens (tertiary/aromatic N) is 2. The number of aromatic amines is 2. The van der Waals surface area contributed by atoms with E-state index < -0.39 is 0 Å². The van der Waals surface area contributed by atoms with Crippen LogP contribution >= 0.6 is 0 Å². The Bertz CT molecular complexity index is 335. The Balaban J connectivity index is 0.000000145. The van der Waals surface area contributed by atoms with Gasteiger partial charge >= 0.3 is 0 Å². The van der Waals surface area contributed by atoms with E-state index in [1.54, 1.807) is 63.1 Å². The van der Waals surface area contributed by atoms with Crippen molar-refractivity contribution in [2.45, 2.75) is 64.2 Å². The monoisotopic (exact) mass is 302 g/mol. The molecule has 2 aromatic rings. The van der Waals surface area contributed by atoms with Gasteiger partial charge in [0, 0.05) is 24.8 Å². The van der Waals surface area contributed by atoms with Crippen LogP contribution in [0.1, 0.15) is 64.2 Å². The third-order valence-corrected chi connectivity index (χ3v) is 4.78. The predicted octanol–water partition coefficient (Wildman–Crippen LogP) is 4.97. The molecular weight excluding hydrogens is 272 g/mol. The highest BCUT2D eigenvalue weighted by Gasteiger charge is 2.24. The highest BCUT2D eigenvalue weighted by atomic mass is 14.8. The van der Waals surface area contributed by atoms with E-state index in [0.717, 1.165) is 11.8 Å². The van der Waals surface area contributed by atoms with Crippen molar-refractivity contribution in [1.29, 1.82) is 0 Å². The van der Waals surface area contributed by atoms with Crippen LogP contribution in [0.3, 0.4) is 0 Å². The zero-order valence-electron chi connectivity index (χ0n) is 13.6. The minimum Gasteiger partial charge on any atom is -0.351 e. The van der Waals surface area contributed by atoms with Crippen LogP contribution < -0.4 is 0 Å². The average molecular weight is 302 g/mol. The molecule has 0 aromatic carbocycles. The Morgan fingerprint density at radius 2 is 1.00 bits per heavy atom. The summed E-state index contributed by atoms with van der Waals surface area (Å²) in [7, 11) is 0. The summed E-state index contributed by atoms with van der Waals surface area (Å²) in [6, 6.07) is 0. The molecule has 2 aliphatic carbocycles. The van der Waals surface area contributed by atoms with E-state index in [0.29, 0.717) is 0 Å². The SMILES string of the molecule is C1CCC(C2CCCCC2)CC1.c1c[nH]cn1.c1c[nH]cn1. The highest BCUT2D eigenvalue weighted by molar-refractivity contribution is 4.76. The van der Waals surface area contributed by atoms with E-state index in [-0.39, 0.29) is 0 Å². The van der Waals surface area contributed by atoms with Gasteiger partial charge in [0.05, 0.1) is 12.7 Å². The molecule has 2 aromatic heterocycles. The molecule has 0 spiro atoms. The van der Waals surface area contributed by atoms with Crippen molar-refractivity contribution in [3.8, 4) is 0 Å². The number of hydrogen-bond acceptors (Lipinski definition) is 2. The Labute approximate surface area is 134 Å². The Morgan fingerprint density at radius 3 is 1.23 bits per heavy atom. The van der Waals surface area contributed by atoms with E-state index >= 15 is 0 Å². The number of rotatable bonds is 1. The lowest BCUT2D eigenvalue weighted by atomic mass is 9.73. The molecule has 2 N–H and O–H groups in total. The van der Waals surface area contributed by atoms with Crippen molar-refractivity contribution in [2.75, 3.05) is 0 Å². The molecule has 0 atom stereocenters. The fourth-order valence-corrected chi connectivity index (χ4v) is 3.64. The van der Waals surface area contributed by atoms with Crippen molar-refractivity contribution in [2.24, 2.45) is 11.8 Å². The van der Waals surface area contributed by atoms with E-state index in [2.05, 4.69) is 19.9 Å². The second-order valence-electron chi connectivity index (χ2n) is 6.32. The molecule has 4 heteroatoms. The summed E-state index contributed by atoms with van der Waals surface area (Å²) < 4.78 is 0. The van der Waals surface area contributed by atoms with Gasteiger partial charge in [-0.1, -0.05) is 64.2 Å². The lowest BCUT2D eigenvalue weighted by Crippen LogP contribution is -2.20. The van der Waals surface area contributed by atoms with E-state index in [1.807, 2.05) is 0 Å². The summed E-state index contributed by atoms with van der Waals surface area (Å²) in [6.45, 7) is 0. The molecule has 2 fully saturated rings. The number of aromatic nitrogens is 4. The summed E-state index contributed by atoms with van der Waals surface area (Å²) in [6.07, 6.45) is 25.6. The van der Waals surface area contributed by atoms with Crippen molar-refractivity contribution >= 4 is 0 Å². The zero-order valence-corrected chi connectivity index (χ0v) is 13.6. The molecule has 0 unspecified atom stereocenters. The van der Waals surface area contributed by atoms with Gasteiger partial charge in [0.1, 0.15) is 0 Å². The maximum absolute atomic E-state index is 3.67. The summed E-state index contributed by atoms with van der Waals surface area (Å²) in [5.74, 6) is 2.28. The first-order valence-electron chi connectivity index (χ1n) is 8.82. The highest BCUT2D eigenvalue weighted by Crippen LogP contribution is 2.37. The molecule has 0 bridgehead atoms. The predicted molar refractivity (Wildman–Crippen MR) is 90.3 cm³/mol. The molecule has 0 saturated heterocycles. The van der Waals surface area contributed by atoms with Gasteiger partial charge in [-0.15, -0.1) is 0 Å². The van der Waals surface area contributed by atoms with Gasteiger partial charge in [-0.3, -0.25) is 0 Å². The molecule has 122 valence electrons. The first-order chi connectivity index (χ1) is 11.0. The summed E-state index contributed by atoms with van der Waals surface area (Å²) >= 11 is 0. The number of imidazole rings is 2. The molecular formula is C18H30N4. The molecule has 2 saturated carbocycles. The Hall–Kier alpha value is -1.58. The molecule has 0 radical (unpaired) electrons. The zero-order chi connectivity index (χ0) is 15.3. The van der Waals surface area contributed by atoms with Crippen LogP contribution in [0.2, 0.25) is 0 Å². The minimum absolute atomic E-state index is 1.14. The molecule has 22 heavy (non-hydrogen) atoms. The Kier molecular flexibility index (Phi) is 8.43. The Morgan fingerprint density at radius 1 is 0.591 bits per heavy atom. The fraction of sp³-hybridized carbons (Fsp3) is 0.667. The minimum atomic E-state index is 1.14. The number of H-pyrrole nitrogens is 2. The van der Waals surface area contributed by atoms with Gasteiger partial charge in [0.2, 0.25) is 0 Å². The van der Waals surface area contributed by atoms with Gasteiger partial charge in [-0.05, 0) is 11.8 Å². The fourth-order valence-electron chi connectivity index (χ4n) is 3.64. The number of hydrogen-bond donors (Lipinski definition) is 2. The maximum Gasteiger partial charge on any atom is 0.0919 e. The van der Waals surface area contributed by atoms with E-state index in [1.165, 1.54) is 38.5 Å². The van der Waals surface area contributed by atoms with Crippen molar-refractivity contribution in [1.82, 2.24) is 19.9 Å². The van der Waals surface area contributed by atoms with Crippen LogP contribution in [0.4, 0.5) is 0 Å². The largest absolute Gasteiger partial charge is 0.351 e. The molecule has 0 amide bonds. The average Bonchev–Trinajstić information content (AvgIpc) is 3.34. The van der Waals surface area contributed by atoms with Crippen molar-refractivity contribution < 1.29 is 0 Å². The lowest BCUT2D eigenvalue weighted by Gasteiger charge is -2.32. The van der Waals surface area contributed by atoms with Gasteiger partial charge in [-0.2, -0.15) is 0 Å². The van der Waals surface area contributed by atoms with Gasteiger partial charge in [-0.25, -0.2) is 9.97 Å². The van der Waals surface area contributed by atoms with Crippen molar-refractivity contribution in [3.63, 3.8) is 0 Å². The van der Waals surface area contributed by atoms with Crippen molar-refractivity contribution in [3.05, 3.63) is 37.4 Å². The third-order valence-electron chi connectivity index (χ3n) is 4.78. The lowest BCUT2D eigenvalue weighted by molar-refractivity contribution is 0.196. The molecule has 4 rings (SSSR count). The van der Waals surface area contributed by atoms with Gasteiger partial charge in [0.15, 0.2) is 0 Å². The van der Waals surface area contributed by atoms with E-state index in [4.69, 9.17) is 0 Å². The summed E-state index contributed by atoms with van der Waals surface area (Å²) in [5.41, 5.74) is 0. The second kappa shape index (κ2) is 11.0. The summed E-state index contributed by atoms with van der Waals surface area (Å²) in [5, 5.41) is 0. The normalized spacial score (nSPS) is 19.5. The molecule has 0 aliphatic heterocycles. The van der Waals surface area contributed by atoms with Gasteiger partial charge in [0.25, 0.3) is 0 Å². The topological polar surface area (TPSA) is 57.4 Å². The van der Waals surface area contributed by atoms with Crippen LogP contribution in [0.5, 0.6) is 0 Å². The number of nitrogens with one attached hydrogen (secondary N) is 2. The third kappa shape index (κ3) is 6.92.